The van der Waals surface area contributed by atoms with Crippen LogP contribution < -0.4 is 16.4 Å². The minimum atomic E-state index is -0.509. The van der Waals surface area contributed by atoms with Crippen LogP contribution in [0.25, 0.3) is 0 Å². The number of urea groups is 1. The van der Waals surface area contributed by atoms with Crippen LogP contribution >= 0.6 is 0 Å². The number of rotatable bonds is 8. The molecule has 0 fully saturated rings. The molecule has 6 heteroatoms. The first-order valence-corrected chi connectivity index (χ1v) is 6.45. The molecule has 3 amide bonds. The average Bonchev–Trinajstić information content (AvgIpc) is 2.87. The number of amides is 3. The van der Waals surface area contributed by atoms with E-state index in [2.05, 4.69) is 10.6 Å². The zero-order chi connectivity index (χ0) is 14.1. The van der Waals surface area contributed by atoms with E-state index in [0.29, 0.717) is 13.0 Å². The van der Waals surface area contributed by atoms with Crippen molar-refractivity contribution in [2.24, 2.45) is 5.73 Å². The molecule has 1 aromatic heterocycles. The number of furan rings is 1. The van der Waals surface area contributed by atoms with Crippen molar-refractivity contribution in [1.82, 2.24) is 10.6 Å². The number of hydrogen-bond acceptors (Lipinski definition) is 3. The van der Waals surface area contributed by atoms with Crippen LogP contribution in [0.4, 0.5) is 4.79 Å². The van der Waals surface area contributed by atoms with Gasteiger partial charge in [-0.25, -0.2) is 4.79 Å². The van der Waals surface area contributed by atoms with Gasteiger partial charge in [-0.2, -0.15) is 0 Å². The average molecular weight is 267 g/mol. The Morgan fingerprint density at radius 1 is 1.37 bits per heavy atom. The summed E-state index contributed by atoms with van der Waals surface area (Å²) in [6, 6.07) is 3.01. The fourth-order valence-electron chi connectivity index (χ4n) is 1.72. The van der Waals surface area contributed by atoms with Crippen molar-refractivity contribution in [3.63, 3.8) is 0 Å². The second kappa shape index (κ2) is 8.18. The molecule has 0 aliphatic heterocycles. The van der Waals surface area contributed by atoms with E-state index < -0.39 is 6.03 Å². The van der Waals surface area contributed by atoms with E-state index in [4.69, 9.17) is 10.2 Å². The summed E-state index contributed by atoms with van der Waals surface area (Å²) >= 11 is 0. The number of carbonyl (C=O) groups is 2. The minimum absolute atomic E-state index is 0.00626. The highest BCUT2D eigenvalue weighted by Gasteiger charge is 2.11. The molecule has 0 saturated carbocycles. The van der Waals surface area contributed by atoms with Gasteiger partial charge in [-0.15, -0.1) is 0 Å². The van der Waals surface area contributed by atoms with Gasteiger partial charge < -0.3 is 20.8 Å². The summed E-state index contributed by atoms with van der Waals surface area (Å²) in [7, 11) is 0. The zero-order valence-electron chi connectivity index (χ0n) is 11.1. The smallest absolute Gasteiger partial charge is 0.312 e. The van der Waals surface area contributed by atoms with E-state index in [1.165, 1.54) is 0 Å². The molecule has 0 spiro atoms. The van der Waals surface area contributed by atoms with Crippen molar-refractivity contribution in [1.29, 1.82) is 0 Å². The Morgan fingerprint density at radius 2 is 2.16 bits per heavy atom. The predicted molar refractivity (Wildman–Crippen MR) is 71.3 cm³/mol. The van der Waals surface area contributed by atoms with E-state index in [9.17, 15) is 9.59 Å². The lowest BCUT2D eigenvalue weighted by molar-refractivity contribution is -0.122. The Morgan fingerprint density at radius 3 is 2.79 bits per heavy atom. The van der Waals surface area contributed by atoms with Crippen LogP contribution in [0.15, 0.2) is 22.8 Å². The number of nitrogens with one attached hydrogen (secondary N) is 2. The molecule has 1 rings (SSSR count). The Labute approximate surface area is 112 Å². The van der Waals surface area contributed by atoms with Crippen molar-refractivity contribution in [3.8, 4) is 0 Å². The predicted octanol–water partition coefficient (Wildman–Crippen LogP) is 1.69. The topological polar surface area (TPSA) is 97.4 Å². The summed E-state index contributed by atoms with van der Waals surface area (Å²) < 4.78 is 5.21. The monoisotopic (exact) mass is 267 g/mol. The van der Waals surface area contributed by atoms with Gasteiger partial charge in [0.25, 0.3) is 0 Å². The number of primary amides is 1. The van der Waals surface area contributed by atoms with Gasteiger partial charge in [0.2, 0.25) is 5.91 Å². The third-order valence-electron chi connectivity index (χ3n) is 2.73. The fraction of sp³-hybridized carbons (Fsp3) is 0.538. The van der Waals surface area contributed by atoms with Gasteiger partial charge in [0.05, 0.1) is 12.3 Å². The van der Waals surface area contributed by atoms with E-state index >= 15 is 0 Å². The third-order valence-corrected chi connectivity index (χ3v) is 2.73. The van der Waals surface area contributed by atoms with E-state index in [0.717, 1.165) is 25.0 Å². The summed E-state index contributed by atoms with van der Waals surface area (Å²) in [5.74, 6) is 0.755. The van der Waals surface area contributed by atoms with Gasteiger partial charge in [0.15, 0.2) is 0 Å². The molecule has 0 unspecified atom stereocenters. The van der Waals surface area contributed by atoms with Crippen molar-refractivity contribution >= 4 is 11.9 Å². The highest BCUT2D eigenvalue weighted by Crippen LogP contribution is 2.12. The number of hydrogen-bond donors (Lipinski definition) is 3. The van der Waals surface area contributed by atoms with Gasteiger partial charge in [0.1, 0.15) is 5.76 Å². The van der Waals surface area contributed by atoms with Crippen LogP contribution in [0, 0.1) is 0 Å². The number of unbranched alkanes of at least 4 members (excludes halogenated alkanes) is 2. The Hall–Kier alpha value is -1.98. The van der Waals surface area contributed by atoms with Crippen molar-refractivity contribution in [3.05, 3.63) is 24.2 Å². The highest BCUT2D eigenvalue weighted by molar-refractivity contribution is 5.76. The fourth-order valence-corrected chi connectivity index (χ4v) is 1.72. The summed E-state index contributed by atoms with van der Waals surface area (Å²) in [6.45, 7) is 2.44. The summed E-state index contributed by atoms with van der Waals surface area (Å²) in [4.78, 5) is 22.1. The molecule has 0 bridgehead atoms. The lowest BCUT2D eigenvalue weighted by Gasteiger charge is -2.11. The molecule has 1 heterocycles. The molecule has 1 aromatic rings. The molecule has 4 N–H and O–H groups in total. The van der Waals surface area contributed by atoms with E-state index in [1.807, 2.05) is 13.0 Å². The maximum atomic E-state index is 11.6. The van der Waals surface area contributed by atoms with Crippen LogP contribution in [0.3, 0.4) is 0 Å². The van der Waals surface area contributed by atoms with Gasteiger partial charge in [0, 0.05) is 13.0 Å². The molecule has 0 aromatic carbocycles. The quantitative estimate of drug-likeness (QED) is 0.625. The summed E-state index contributed by atoms with van der Waals surface area (Å²) in [5, 5.41) is 5.38. The second-order valence-corrected chi connectivity index (χ2v) is 4.41. The Kier molecular flexibility index (Phi) is 6.49. The normalized spacial score (nSPS) is 11.8. The van der Waals surface area contributed by atoms with Crippen LogP contribution in [0.5, 0.6) is 0 Å². The number of carbonyl (C=O) groups excluding carboxylic acids is 2. The highest BCUT2D eigenvalue weighted by atomic mass is 16.3. The first-order valence-electron chi connectivity index (χ1n) is 6.45. The van der Waals surface area contributed by atoms with Gasteiger partial charge >= 0.3 is 6.03 Å². The largest absolute Gasteiger partial charge is 0.467 e. The standard InChI is InChI=1S/C13H21N3O3/c1-10(11-6-5-9-19-11)16-12(17)7-3-2-4-8-15-13(14)18/h5-6,9-10H,2-4,7-8H2,1H3,(H,16,17)(H3,14,15,18)/t10-/m0/s1. The van der Waals surface area contributed by atoms with Crippen LogP contribution in [0.1, 0.15) is 44.4 Å². The lowest BCUT2D eigenvalue weighted by Crippen LogP contribution is -2.30. The summed E-state index contributed by atoms with van der Waals surface area (Å²) in [5.41, 5.74) is 4.93. The molecule has 6 nitrogen and oxygen atoms in total. The van der Waals surface area contributed by atoms with Gasteiger partial charge in [-0.3, -0.25) is 4.79 Å². The molecule has 0 aliphatic carbocycles. The zero-order valence-corrected chi connectivity index (χ0v) is 11.1. The van der Waals surface area contributed by atoms with Gasteiger partial charge in [-0.1, -0.05) is 6.42 Å². The molecule has 0 aliphatic rings. The van der Waals surface area contributed by atoms with Crippen LogP contribution in [-0.4, -0.2) is 18.5 Å². The lowest BCUT2D eigenvalue weighted by atomic mass is 10.1. The molecule has 1 atom stereocenters. The minimum Gasteiger partial charge on any atom is -0.467 e. The Balaban J connectivity index is 2.06. The Bertz CT molecular complexity index is 390. The molecule has 106 valence electrons. The molecular weight excluding hydrogens is 246 g/mol. The molecular formula is C13H21N3O3. The third kappa shape index (κ3) is 6.49. The maximum Gasteiger partial charge on any atom is 0.312 e. The van der Waals surface area contributed by atoms with E-state index in [1.54, 1.807) is 12.3 Å². The van der Waals surface area contributed by atoms with Crippen LogP contribution in [-0.2, 0) is 4.79 Å². The van der Waals surface area contributed by atoms with Crippen LogP contribution in [0.2, 0.25) is 0 Å². The molecule has 19 heavy (non-hydrogen) atoms. The second-order valence-electron chi connectivity index (χ2n) is 4.41. The first-order chi connectivity index (χ1) is 9.09. The van der Waals surface area contributed by atoms with E-state index in [-0.39, 0.29) is 11.9 Å². The van der Waals surface area contributed by atoms with Gasteiger partial charge in [-0.05, 0) is 31.9 Å². The maximum absolute atomic E-state index is 11.6. The molecule has 0 radical (unpaired) electrons. The van der Waals surface area contributed by atoms with Crippen molar-refractivity contribution in [2.75, 3.05) is 6.54 Å². The molecule has 0 saturated heterocycles. The summed E-state index contributed by atoms with van der Waals surface area (Å²) in [6.07, 6.45) is 4.55. The van der Waals surface area contributed by atoms with Crippen molar-refractivity contribution in [2.45, 2.75) is 38.6 Å². The van der Waals surface area contributed by atoms with Crippen molar-refractivity contribution < 1.29 is 14.0 Å². The first kappa shape index (κ1) is 15.1. The SMILES string of the molecule is C[C@H](NC(=O)CCCCCNC(N)=O)c1ccco1. The number of nitrogens with two attached hydrogens (primary N) is 1.